The zero-order valence-corrected chi connectivity index (χ0v) is 10.8. The summed E-state index contributed by atoms with van der Waals surface area (Å²) in [5.74, 6) is -0.250. The van der Waals surface area contributed by atoms with E-state index in [1.54, 1.807) is 4.90 Å². The largest absolute Gasteiger partial charge is 0.478 e. The van der Waals surface area contributed by atoms with Gasteiger partial charge in [0.05, 0.1) is 10.5 Å². The van der Waals surface area contributed by atoms with Gasteiger partial charge in [0, 0.05) is 41.5 Å². The minimum absolute atomic E-state index is 0.00676. The Morgan fingerprint density at radius 2 is 2.00 bits per heavy atom. The Bertz CT molecular complexity index is 550. The molecule has 1 aromatic rings. The SMILES string of the molecule is O=C(O)c1ccc([N+](=O)[O-])c(N2CCS(=O)CC2)c1. The van der Waals surface area contributed by atoms with Crippen molar-refractivity contribution in [2.45, 2.75) is 0 Å². The number of hydrogen-bond donors (Lipinski definition) is 1. The van der Waals surface area contributed by atoms with Gasteiger partial charge >= 0.3 is 5.97 Å². The van der Waals surface area contributed by atoms with Crippen molar-refractivity contribution in [2.24, 2.45) is 0 Å². The Hall–Kier alpha value is -1.96. The standard InChI is InChI=1S/C11H12N2O5S/c14-11(15)8-1-2-9(13(16)17)10(7-8)12-3-5-19(18)6-4-12/h1-2,7H,3-6H2,(H,14,15). The second kappa shape index (κ2) is 5.35. The summed E-state index contributed by atoms with van der Waals surface area (Å²) in [6.45, 7) is 0.854. The Morgan fingerprint density at radius 1 is 1.37 bits per heavy atom. The molecule has 2 rings (SSSR count). The summed E-state index contributed by atoms with van der Waals surface area (Å²) in [5.41, 5.74) is 0.159. The van der Waals surface area contributed by atoms with Crippen LogP contribution in [0.15, 0.2) is 18.2 Å². The van der Waals surface area contributed by atoms with E-state index in [1.165, 1.54) is 18.2 Å². The van der Waals surface area contributed by atoms with Crippen molar-refractivity contribution in [3.8, 4) is 0 Å². The van der Waals surface area contributed by atoms with Gasteiger partial charge in [-0.05, 0) is 12.1 Å². The van der Waals surface area contributed by atoms with Crippen LogP contribution in [0.3, 0.4) is 0 Å². The minimum Gasteiger partial charge on any atom is -0.478 e. The summed E-state index contributed by atoms with van der Waals surface area (Å²) in [7, 11) is -0.894. The molecular weight excluding hydrogens is 272 g/mol. The summed E-state index contributed by atoms with van der Waals surface area (Å²) in [6.07, 6.45) is 0. The molecule has 1 aliphatic rings. The maximum absolute atomic E-state index is 11.3. The van der Waals surface area contributed by atoms with E-state index in [0.29, 0.717) is 24.6 Å². The first-order valence-electron chi connectivity index (χ1n) is 5.60. The first-order chi connectivity index (χ1) is 8.99. The van der Waals surface area contributed by atoms with Gasteiger partial charge in [0.2, 0.25) is 0 Å². The van der Waals surface area contributed by atoms with E-state index in [2.05, 4.69) is 0 Å². The van der Waals surface area contributed by atoms with Crippen molar-refractivity contribution in [3.63, 3.8) is 0 Å². The molecule has 1 N–H and O–H groups in total. The van der Waals surface area contributed by atoms with Crippen LogP contribution in [-0.4, -0.2) is 44.8 Å². The van der Waals surface area contributed by atoms with Crippen LogP contribution in [-0.2, 0) is 10.8 Å². The molecule has 19 heavy (non-hydrogen) atoms. The van der Waals surface area contributed by atoms with Crippen molar-refractivity contribution in [2.75, 3.05) is 29.5 Å². The third-order valence-electron chi connectivity index (χ3n) is 2.94. The molecule has 1 heterocycles. The highest BCUT2D eigenvalue weighted by Crippen LogP contribution is 2.30. The molecule has 1 fully saturated rings. The number of carbonyl (C=O) groups is 1. The fourth-order valence-corrected chi connectivity index (χ4v) is 3.00. The summed E-state index contributed by atoms with van der Waals surface area (Å²) >= 11 is 0. The number of nitro groups is 1. The predicted octanol–water partition coefficient (Wildman–Crippen LogP) is 0.862. The lowest BCUT2D eigenvalue weighted by Gasteiger charge is -2.28. The smallest absolute Gasteiger partial charge is 0.335 e. The average Bonchev–Trinajstić information content (AvgIpc) is 2.38. The Morgan fingerprint density at radius 3 is 2.53 bits per heavy atom. The average molecular weight is 284 g/mol. The lowest BCUT2D eigenvalue weighted by atomic mass is 10.1. The van der Waals surface area contributed by atoms with E-state index in [4.69, 9.17) is 5.11 Å². The molecule has 0 radical (unpaired) electrons. The van der Waals surface area contributed by atoms with Crippen molar-refractivity contribution in [1.29, 1.82) is 0 Å². The molecule has 0 unspecified atom stereocenters. The molecule has 7 nitrogen and oxygen atoms in total. The molecule has 0 bridgehead atoms. The molecule has 8 heteroatoms. The van der Waals surface area contributed by atoms with Crippen LogP contribution in [0, 0.1) is 10.1 Å². The fraction of sp³-hybridized carbons (Fsp3) is 0.364. The van der Waals surface area contributed by atoms with Gasteiger partial charge in [-0.2, -0.15) is 0 Å². The van der Waals surface area contributed by atoms with E-state index in [0.717, 1.165) is 0 Å². The van der Waals surface area contributed by atoms with Crippen LogP contribution < -0.4 is 4.90 Å². The highest BCUT2D eigenvalue weighted by atomic mass is 32.2. The van der Waals surface area contributed by atoms with Crippen molar-refractivity contribution in [3.05, 3.63) is 33.9 Å². The first-order valence-corrected chi connectivity index (χ1v) is 7.09. The number of aromatic carboxylic acids is 1. The Balaban J connectivity index is 2.40. The second-order valence-corrected chi connectivity index (χ2v) is 5.80. The van der Waals surface area contributed by atoms with Gasteiger partial charge in [0.1, 0.15) is 5.69 Å². The molecule has 1 saturated heterocycles. The van der Waals surface area contributed by atoms with Gasteiger partial charge in [-0.1, -0.05) is 0 Å². The van der Waals surface area contributed by atoms with E-state index < -0.39 is 21.7 Å². The number of carboxylic acid groups (broad SMARTS) is 1. The first kappa shape index (κ1) is 13.5. The monoisotopic (exact) mass is 284 g/mol. The van der Waals surface area contributed by atoms with Crippen LogP contribution in [0.2, 0.25) is 0 Å². The zero-order chi connectivity index (χ0) is 14.0. The molecule has 1 aromatic carbocycles. The minimum atomic E-state index is -1.13. The molecule has 0 amide bonds. The van der Waals surface area contributed by atoms with Crippen molar-refractivity contribution >= 4 is 28.1 Å². The lowest BCUT2D eigenvalue weighted by molar-refractivity contribution is -0.384. The topological polar surface area (TPSA) is 101 Å². The van der Waals surface area contributed by atoms with Gasteiger partial charge in [-0.25, -0.2) is 4.79 Å². The third kappa shape index (κ3) is 2.90. The maximum Gasteiger partial charge on any atom is 0.335 e. The molecule has 102 valence electrons. The molecule has 0 aliphatic carbocycles. The third-order valence-corrected chi connectivity index (χ3v) is 4.21. The Kier molecular flexibility index (Phi) is 3.79. The number of hydrogen-bond acceptors (Lipinski definition) is 5. The number of benzene rings is 1. The second-order valence-electron chi connectivity index (χ2n) is 4.10. The van der Waals surface area contributed by atoms with Crippen LogP contribution in [0.1, 0.15) is 10.4 Å². The van der Waals surface area contributed by atoms with E-state index in [9.17, 15) is 19.1 Å². The van der Waals surface area contributed by atoms with Crippen molar-refractivity contribution < 1.29 is 19.0 Å². The quantitative estimate of drug-likeness (QED) is 0.652. The molecule has 0 spiro atoms. The number of carboxylic acids is 1. The number of rotatable bonds is 3. The van der Waals surface area contributed by atoms with Crippen molar-refractivity contribution in [1.82, 2.24) is 0 Å². The van der Waals surface area contributed by atoms with Gasteiger partial charge < -0.3 is 10.0 Å². The number of nitrogens with zero attached hydrogens (tertiary/aromatic N) is 2. The molecule has 1 aliphatic heterocycles. The number of nitro benzene ring substituents is 1. The van der Waals surface area contributed by atoms with Gasteiger partial charge in [0.25, 0.3) is 5.69 Å². The highest BCUT2D eigenvalue weighted by molar-refractivity contribution is 7.85. The molecule has 0 atom stereocenters. The van der Waals surface area contributed by atoms with Gasteiger partial charge in [0.15, 0.2) is 0 Å². The lowest BCUT2D eigenvalue weighted by Crippen LogP contribution is -2.38. The Labute approximate surface area is 111 Å². The van der Waals surface area contributed by atoms with Gasteiger partial charge in [-0.15, -0.1) is 0 Å². The van der Waals surface area contributed by atoms with E-state index >= 15 is 0 Å². The van der Waals surface area contributed by atoms with E-state index in [1.807, 2.05) is 0 Å². The fourth-order valence-electron chi connectivity index (χ4n) is 1.94. The van der Waals surface area contributed by atoms with E-state index in [-0.39, 0.29) is 16.9 Å². The predicted molar refractivity (Wildman–Crippen MR) is 70.1 cm³/mol. The molecule has 0 aromatic heterocycles. The zero-order valence-electron chi connectivity index (χ0n) is 9.94. The maximum atomic E-state index is 11.3. The molecule has 0 saturated carbocycles. The van der Waals surface area contributed by atoms with Crippen LogP contribution >= 0.6 is 0 Å². The van der Waals surface area contributed by atoms with Crippen LogP contribution in [0.5, 0.6) is 0 Å². The number of anilines is 1. The summed E-state index contributed by atoms with van der Waals surface area (Å²) in [5, 5.41) is 19.9. The summed E-state index contributed by atoms with van der Waals surface area (Å²) in [4.78, 5) is 23.1. The normalized spacial score (nSPS) is 16.3. The van der Waals surface area contributed by atoms with Crippen LogP contribution in [0.4, 0.5) is 11.4 Å². The van der Waals surface area contributed by atoms with Crippen LogP contribution in [0.25, 0.3) is 0 Å². The van der Waals surface area contributed by atoms with Gasteiger partial charge in [-0.3, -0.25) is 14.3 Å². The molecular formula is C11H12N2O5S. The highest BCUT2D eigenvalue weighted by Gasteiger charge is 2.24. The summed E-state index contributed by atoms with van der Waals surface area (Å²) < 4.78 is 11.3. The summed E-state index contributed by atoms with van der Waals surface area (Å²) in [6, 6.07) is 3.71.